The van der Waals surface area contributed by atoms with Crippen molar-refractivity contribution in [3.8, 4) is 0 Å². The summed E-state index contributed by atoms with van der Waals surface area (Å²) in [7, 11) is 0. The standard InChI is InChI=1S/C14H18N2O2/c1-2-13(17)15-11-7-4-8-12(9-11)16-14(18)10-5-3-6-10/h4,7-10H,2-3,5-6H2,1H3,(H,15,17)(H,16,18). The van der Waals surface area contributed by atoms with Crippen LogP contribution in [0.25, 0.3) is 0 Å². The van der Waals surface area contributed by atoms with Crippen LogP contribution in [0.15, 0.2) is 24.3 Å². The molecule has 1 aromatic carbocycles. The summed E-state index contributed by atoms with van der Waals surface area (Å²) in [5, 5.41) is 5.66. The molecule has 1 saturated carbocycles. The van der Waals surface area contributed by atoms with E-state index in [1.165, 1.54) is 0 Å². The molecule has 1 aromatic rings. The molecule has 96 valence electrons. The predicted octanol–water partition coefficient (Wildman–Crippen LogP) is 2.77. The third-order valence-electron chi connectivity index (χ3n) is 3.21. The molecule has 0 aromatic heterocycles. The van der Waals surface area contributed by atoms with Gasteiger partial charge in [-0.25, -0.2) is 0 Å². The van der Waals surface area contributed by atoms with Crippen molar-refractivity contribution in [2.75, 3.05) is 10.6 Å². The van der Waals surface area contributed by atoms with Gasteiger partial charge in [0.1, 0.15) is 0 Å². The molecule has 0 heterocycles. The summed E-state index contributed by atoms with van der Waals surface area (Å²) < 4.78 is 0. The molecule has 1 fully saturated rings. The first-order valence-electron chi connectivity index (χ1n) is 6.40. The van der Waals surface area contributed by atoms with Gasteiger partial charge in [0.05, 0.1) is 0 Å². The minimum absolute atomic E-state index is 0.0301. The number of nitrogens with one attached hydrogen (secondary N) is 2. The summed E-state index contributed by atoms with van der Waals surface area (Å²) in [5.41, 5.74) is 1.45. The maximum atomic E-state index is 11.8. The van der Waals surface area contributed by atoms with Crippen LogP contribution in [0.5, 0.6) is 0 Å². The van der Waals surface area contributed by atoms with Crippen molar-refractivity contribution in [3.05, 3.63) is 24.3 Å². The van der Waals surface area contributed by atoms with Gasteiger partial charge < -0.3 is 10.6 Å². The zero-order valence-corrected chi connectivity index (χ0v) is 10.5. The van der Waals surface area contributed by atoms with Crippen molar-refractivity contribution < 1.29 is 9.59 Å². The van der Waals surface area contributed by atoms with Crippen LogP contribution in [0.4, 0.5) is 11.4 Å². The molecule has 0 spiro atoms. The predicted molar refractivity (Wildman–Crippen MR) is 71.3 cm³/mol. The summed E-state index contributed by atoms with van der Waals surface area (Å²) in [6, 6.07) is 7.25. The Balaban J connectivity index is 1.98. The Bertz CT molecular complexity index is 453. The molecule has 0 unspecified atom stereocenters. The number of benzene rings is 1. The third-order valence-corrected chi connectivity index (χ3v) is 3.21. The highest BCUT2D eigenvalue weighted by Crippen LogP contribution is 2.27. The Kier molecular flexibility index (Phi) is 3.97. The van der Waals surface area contributed by atoms with E-state index < -0.39 is 0 Å². The van der Waals surface area contributed by atoms with E-state index in [2.05, 4.69) is 10.6 Å². The monoisotopic (exact) mass is 246 g/mol. The molecule has 0 aliphatic heterocycles. The van der Waals surface area contributed by atoms with Crippen molar-refractivity contribution in [2.45, 2.75) is 32.6 Å². The lowest BCUT2D eigenvalue weighted by Crippen LogP contribution is -2.28. The topological polar surface area (TPSA) is 58.2 Å². The smallest absolute Gasteiger partial charge is 0.227 e. The molecular weight excluding hydrogens is 228 g/mol. The van der Waals surface area contributed by atoms with Crippen LogP contribution >= 0.6 is 0 Å². The molecule has 2 rings (SSSR count). The average Bonchev–Trinajstić information content (AvgIpc) is 2.26. The first kappa shape index (κ1) is 12.6. The van der Waals surface area contributed by atoms with Gasteiger partial charge in [0, 0.05) is 23.7 Å². The molecule has 4 nitrogen and oxygen atoms in total. The second-order valence-electron chi connectivity index (χ2n) is 4.60. The molecule has 0 radical (unpaired) electrons. The number of rotatable bonds is 4. The first-order chi connectivity index (χ1) is 8.69. The van der Waals surface area contributed by atoms with Gasteiger partial charge in [-0.1, -0.05) is 19.4 Å². The third kappa shape index (κ3) is 3.09. The van der Waals surface area contributed by atoms with Crippen molar-refractivity contribution in [1.29, 1.82) is 0 Å². The van der Waals surface area contributed by atoms with Crippen LogP contribution in [0.3, 0.4) is 0 Å². The van der Waals surface area contributed by atoms with Crippen molar-refractivity contribution in [3.63, 3.8) is 0 Å². The van der Waals surface area contributed by atoms with E-state index in [-0.39, 0.29) is 17.7 Å². The van der Waals surface area contributed by atoms with Crippen LogP contribution in [0.2, 0.25) is 0 Å². The number of hydrogen-bond acceptors (Lipinski definition) is 2. The lowest BCUT2D eigenvalue weighted by atomic mass is 9.85. The number of hydrogen-bond donors (Lipinski definition) is 2. The number of carbonyl (C=O) groups is 2. The molecule has 4 heteroatoms. The summed E-state index contributed by atoms with van der Waals surface area (Å²) in [6.45, 7) is 1.80. The highest BCUT2D eigenvalue weighted by atomic mass is 16.2. The van der Waals surface area contributed by atoms with Crippen LogP contribution in [-0.2, 0) is 9.59 Å². The Hall–Kier alpha value is -1.84. The lowest BCUT2D eigenvalue weighted by Gasteiger charge is -2.24. The van der Waals surface area contributed by atoms with Crippen molar-refractivity contribution in [2.24, 2.45) is 5.92 Å². The zero-order chi connectivity index (χ0) is 13.0. The van der Waals surface area contributed by atoms with E-state index in [9.17, 15) is 9.59 Å². The van der Waals surface area contributed by atoms with Crippen molar-refractivity contribution >= 4 is 23.2 Å². The van der Waals surface area contributed by atoms with Gasteiger partial charge in [-0.2, -0.15) is 0 Å². The molecule has 0 saturated heterocycles. The molecular formula is C14H18N2O2. The Morgan fingerprint density at radius 3 is 2.44 bits per heavy atom. The Labute approximate surface area is 107 Å². The summed E-state index contributed by atoms with van der Waals surface area (Å²) in [6.07, 6.45) is 3.56. The van der Waals surface area contributed by atoms with Crippen LogP contribution in [0.1, 0.15) is 32.6 Å². The van der Waals surface area contributed by atoms with Gasteiger partial charge in [0.25, 0.3) is 0 Å². The normalized spacial score (nSPS) is 14.7. The second kappa shape index (κ2) is 5.67. The Morgan fingerprint density at radius 2 is 1.89 bits per heavy atom. The number of amides is 2. The van der Waals surface area contributed by atoms with Gasteiger partial charge >= 0.3 is 0 Å². The van der Waals surface area contributed by atoms with Gasteiger partial charge in [-0.15, -0.1) is 0 Å². The quantitative estimate of drug-likeness (QED) is 0.858. The lowest BCUT2D eigenvalue weighted by molar-refractivity contribution is -0.122. The maximum absolute atomic E-state index is 11.8. The van der Waals surface area contributed by atoms with Crippen LogP contribution in [0, 0.1) is 5.92 Å². The zero-order valence-electron chi connectivity index (χ0n) is 10.5. The molecule has 0 atom stereocenters. The van der Waals surface area contributed by atoms with E-state index in [0.717, 1.165) is 24.9 Å². The SMILES string of the molecule is CCC(=O)Nc1cccc(NC(=O)C2CCC2)c1. The number of anilines is 2. The van der Waals surface area contributed by atoms with E-state index in [1.54, 1.807) is 13.0 Å². The van der Waals surface area contributed by atoms with Gasteiger partial charge in [0.2, 0.25) is 11.8 Å². The van der Waals surface area contributed by atoms with Gasteiger partial charge in [-0.05, 0) is 31.0 Å². The molecule has 2 N–H and O–H groups in total. The van der Waals surface area contributed by atoms with E-state index >= 15 is 0 Å². The highest BCUT2D eigenvalue weighted by Gasteiger charge is 2.25. The fourth-order valence-corrected chi connectivity index (χ4v) is 1.84. The second-order valence-corrected chi connectivity index (χ2v) is 4.60. The fraction of sp³-hybridized carbons (Fsp3) is 0.429. The summed E-state index contributed by atoms with van der Waals surface area (Å²) in [4.78, 5) is 23.1. The van der Waals surface area contributed by atoms with E-state index in [4.69, 9.17) is 0 Å². The largest absolute Gasteiger partial charge is 0.326 e. The van der Waals surface area contributed by atoms with Crippen LogP contribution in [-0.4, -0.2) is 11.8 Å². The van der Waals surface area contributed by atoms with Crippen LogP contribution < -0.4 is 10.6 Å². The van der Waals surface area contributed by atoms with E-state index in [0.29, 0.717) is 12.1 Å². The van der Waals surface area contributed by atoms with E-state index in [1.807, 2.05) is 18.2 Å². The minimum atomic E-state index is -0.0301. The molecule has 18 heavy (non-hydrogen) atoms. The summed E-state index contributed by atoms with van der Waals surface area (Å²) in [5.74, 6) is 0.219. The number of carbonyl (C=O) groups excluding carboxylic acids is 2. The van der Waals surface area contributed by atoms with Crippen molar-refractivity contribution in [1.82, 2.24) is 0 Å². The first-order valence-corrected chi connectivity index (χ1v) is 6.40. The average molecular weight is 246 g/mol. The fourth-order valence-electron chi connectivity index (χ4n) is 1.84. The highest BCUT2D eigenvalue weighted by molar-refractivity contribution is 5.95. The van der Waals surface area contributed by atoms with Gasteiger partial charge in [0.15, 0.2) is 0 Å². The molecule has 1 aliphatic rings. The Morgan fingerprint density at radius 1 is 1.22 bits per heavy atom. The maximum Gasteiger partial charge on any atom is 0.227 e. The van der Waals surface area contributed by atoms with Gasteiger partial charge in [-0.3, -0.25) is 9.59 Å². The summed E-state index contributed by atoms with van der Waals surface area (Å²) >= 11 is 0. The molecule has 1 aliphatic carbocycles. The molecule has 2 amide bonds. The minimum Gasteiger partial charge on any atom is -0.326 e. The molecule has 0 bridgehead atoms.